The van der Waals surface area contributed by atoms with Crippen molar-refractivity contribution in [2.45, 2.75) is 12.8 Å². The first-order valence-corrected chi connectivity index (χ1v) is 8.82. The highest BCUT2D eigenvalue weighted by molar-refractivity contribution is 7.16. The molecule has 1 aliphatic carbocycles. The molecule has 0 atom stereocenters. The summed E-state index contributed by atoms with van der Waals surface area (Å²) in [5, 5.41) is 3.96. The summed E-state index contributed by atoms with van der Waals surface area (Å²) < 4.78 is 0. The lowest BCUT2D eigenvalue weighted by Gasteiger charge is -2.13. The van der Waals surface area contributed by atoms with Gasteiger partial charge in [0.05, 0.1) is 18.1 Å². The van der Waals surface area contributed by atoms with Gasteiger partial charge in [-0.1, -0.05) is 24.3 Å². The van der Waals surface area contributed by atoms with Gasteiger partial charge in [-0.05, 0) is 18.4 Å². The third-order valence-corrected chi connectivity index (χ3v) is 5.12. The normalized spacial score (nSPS) is 12.2. The van der Waals surface area contributed by atoms with E-state index in [1.165, 1.54) is 27.1 Å². The highest BCUT2D eigenvalue weighted by Crippen LogP contribution is 2.38. The first-order valence-electron chi connectivity index (χ1n) is 8.00. The standard InChI is InChI=1S/C18H17N5OS/c1-23(2)17(24)13-9-19-10-15(20-13)21-18-22-16-12-6-4-3-5-11(12)7-8-14(16)25-18/h3-6,9-10H,7-8H2,1-2H3,(H,20,21,22). The maximum atomic E-state index is 12.0. The molecule has 2 heterocycles. The van der Waals surface area contributed by atoms with Gasteiger partial charge >= 0.3 is 0 Å². The number of nitrogens with one attached hydrogen (secondary N) is 1. The van der Waals surface area contributed by atoms with Gasteiger partial charge in [-0.3, -0.25) is 9.78 Å². The molecule has 25 heavy (non-hydrogen) atoms. The number of thiazole rings is 1. The highest BCUT2D eigenvalue weighted by atomic mass is 32.1. The zero-order chi connectivity index (χ0) is 17.4. The molecule has 0 fully saturated rings. The zero-order valence-electron chi connectivity index (χ0n) is 14.0. The van der Waals surface area contributed by atoms with Crippen LogP contribution in [0.2, 0.25) is 0 Å². The Bertz CT molecular complexity index is 950. The molecular weight excluding hydrogens is 334 g/mol. The molecule has 6 nitrogen and oxygen atoms in total. The van der Waals surface area contributed by atoms with Crippen LogP contribution < -0.4 is 5.32 Å². The number of carbonyl (C=O) groups excluding carboxylic acids is 1. The number of aryl methyl sites for hydroxylation is 2. The van der Waals surface area contributed by atoms with Crippen LogP contribution in [-0.2, 0) is 12.8 Å². The Kier molecular flexibility index (Phi) is 3.93. The average molecular weight is 351 g/mol. The van der Waals surface area contributed by atoms with E-state index in [9.17, 15) is 4.79 Å². The van der Waals surface area contributed by atoms with E-state index in [1.54, 1.807) is 31.6 Å². The van der Waals surface area contributed by atoms with Crippen molar-refractivity contribution in [3.05, 3.63) is 52.8 Å². The Balaban J connectivity index is 1.63. The van der Waals surface area contributed by atoms with Gasteiger partial charge in [0.2, 0.25) is 0 Å². The summed E-state index contributed by atoms with van der Waals surface area (Å²) in [6.45, 7) is 0. The van der Waals surface area contributed by atoms with Crippen molar-refractivity contribution in [2.24, 2.45) is 0 Å². The topological polar surface area (TPSA) is 71.0 Å². The predicted molar refractivity (Wildman–Crippen MR) is 98.3 cm³/mol. The van der Waals surface area contributed by atoms with Gasteiger partial charge in [0.1, 0.15) is 5.69 Å². The zero-order valence-corrected chi connectivity index (χ0v) is 14.8. The molecule has 0 saturated heterocycles. The van der Waals surface area contributed by atoms with Crippen LogP contribution >= 0.6 is 11.3 Å². The van der Waals surface area contributed by atoms with Crippen LogP contribution in [0.15, 0.2) is 36.7 Å². The van der Waals surface area contributed by atoms with Crippen molar-refractivity contribution in [1.82, 2.24) is 19.9 Å². The molecule has 0 radical (unpaired) electrons. The van der Waals surface area contributed by atoms with Gasteiger partial charge < -0.3 is 10.2 Å². The molecule has 1 aliphatic rings. The van der Waals surface area contributed by atoms with Crippen LogP contribution in [0.1, 0.15) is 20.9 Å². The van der Waals surface area contributed by atoms with Crippen LogP contribution in [-0.4, -0.2) is 39.9 Å². The van der Waals surface area contributed by atoms with Crippen molar-refractivity contribution in [3.63, 3.8) is 0 Å². The van der Waals surface area contributed by atoms with Crippen LogP contribution in [0, 0.1) is 0 Å². The van der Waals surface area contributed by atoms with Crippen molar-refractivity contribution in [2.75, 3.05) is 19.4 Å². The lowest BCUT2D eigenvalue weighted by atomic mass is 9.94. The maximum Gasteiger partial charge on any atom is 0.273 e. The number of fused-ring (bicyclic) bond motifs is 3. The van der Waals surface area contributed by atoms with Crippen molar-refractivity contribution < 1.29 is 4.79 Å². The van der Waals surface area contributed by atoms with E-state index in [2.05, 4.69) is 33.5 Å². The molecule has 2 aromatic heterocycles. The molecule has 1 amide bonds. The minimum Gasteiger partial charge on any atom is -0.343 e. The third kappa shape index (κ3) is 2.98. The second kappa shape index (κ2) is 6.25. The monoisotopic (exact) mass is 351 g/mol. The van der Waals surface area contributed by atoms with Gasteiger partial charge in [0.15, 0.2) is 10.9 Å². The predicted octanol–water partition coefficient (Wildman–Crippen LogP) is 3.14. The van der Waals surface area contributed by atoms with E-state index >= 15 is 0 Å². The number of carbonyl (C=O) groups is 1. The first-order chi connectivity index (χ1) is 12.1. The van der Waals surface area contributed by atoms with Gasteiger partial charge in [-0.2, -0.15) is 0 Å². The number of anilines is 2. The average Bonchev–Trinajstić information content (AvgIpc) is 3.04. The number of nitrogens with zero attached hydrogens (tertiary/aromatic N) is 4. The minimum absolute atomic E-state index is 0.177. The van der Waals surface area contributed by atoms with Crippen LogP contribution in [0.4, 0.5) is 10.9 Å². The summed E-state index contributed by atoms with van der Waals surface area (Å²) in [5.41, 5.74) is 3.89. The Morgan fingerprint density at radius 1 is 1.16 bits per heavy atom. The molecule has 7 heteroatoms. The number of aromatic nitrogens is 3. The molecule has 126 valence electrons. The SMILES string of the molecule is CN(C)C(=O)c1cncc(Nc2nc3c(s2)CCc2ccccc2-3)n1. The van der Waals surface area contributed by atoms with Crippen molar-refractivity contribution >= 4 is 28.2 Å². The fourth-order valence-corrected chi connectivity index (χ4v) is 3.85. The van der Waals surface area contributed by atoms with Gasteiger partial charge in [-0.15, -0.1) is 11.3 Å². The molecule has 1 N–H and O–H groups in total. The highest BCUT2D eigenvalue weighted by Gasteiger charge is 2.21. The lowest BCUT2D eigenvalue weighted by molar-refractivity contribution is 0.0821. The molecule has 0 bridgehead atoms. The van der Waals surface area contributed by atoms with Gasteiger partial charge in [0, 0.05) is 24.5 Å². The quantitative estimate of drug-likeness (QED) is 0.785. The Hall–Kier alpha value is -2.80. The summed E-state index contributed by atoms with van der Waals surface area (Å²) >= 11 is 1.63. The molecule has 3 aromatic rings. The van der Waals surface area contributed by atoms with Crippen LogP contribution in [0.3, 0.4) is 0 Å². The Morgan fingerprint density at radius 2 is 2.00 bits per heavy atom. The van der Waals surface area contributed by atoms with Crippen molar-refractivity contribution in [1.29, 1.82) is 0 Å². The number of amides is 1. The molecule has 4 rings (SSSR count). The fourth-order valence-electron chi connectivity index (χ4n) is 2.87. The minimum atomic E-state index is -0.177. The number of hydrogen-bond acceptors (Lipinski definition) is 6. The maximum absolute atomic E-state index is 12.0. The largest absolute Gasteiger partial charge is 0.343 e. The van der Waals surface area contributed by atoms with E-state index < -0.39 is 0 Å². The summed E-state index contributed by atoms with van der Waals surface area (Å²) in [7, 11) is 3.38. The number of hydrogen-bond donors (Lipinski definition) is 1. The van der Waals surface area contributed by atoms with E-state index in [0.29, 0.717) is 11.5 Å². The van der Waals surface area contributed by atoms with E-state index in [0.717, 1.165) is 23.7 Å². The molecular formula is C18H17N5OS. The second-order valence-corrected chi connectivity index (χ2v) is 7.15. The summed E-state index contributed by atoms with van der Waals surface area (Å²) in [6.07, 6.45) is 5.10. The third-order valence-electron chi connectivity index (χ3n) is 4.09. The number of rotatable bonds is 3. The summed E-state index contributed by atoms with van der Waals surface area (Å²) in [4.78, 5) is 28.0. The van der Waals surface area contributed by atoms with Gasteiger partial charge in [0.25, 0.3) is 5.91 Å². The molecule has 0 saturated carbocycles. The van der Waals surface area contributed by atoms with E-state index in [1.807, 2.05) is 6.07 Å². The first kappa shape index (κ1) is 15.7. The fraction of sp³-hybridized carbons (Fsp3) is 0.222. The Labute approximate surface area is 149 Å². The molecule has 0 spiro atoms. The Morgan fingerprint density at radius 3 is 2.84 bits per heavy atom. The van der Waals surface area contributed by atoms with Gasteiger partial charge in [-0.25, -0.2) is 9.97 Å². The van der Waals surface area contributed by atoms with Crippen molar-refractivity contribution in [3.8, 4) is 11.3 Å². The summed E-state index contributed by atoms with van der Waals surface area (Å²) in [5.74, 6) is 0.343. The lowest BCUT2D eigenvalue weighted by Crippen LogP contribution is -2.23. The van der Waals surface area contributed by atoms with Crippen LogP contribution in [0.5, 0.6) is 0 Å². The molecule has 1 aromatic carbocycles. The van der Waals surface area contributed by atoms with E-state index in [4.69, 9.17) is 4.98 Å². The summed E-state index contributed by atoms with van der Waals surface area (Å²) in [6, 6.07) is 8.39. The number of benzene rings is 1. The molecule has 0 aliphatic heterocycles. The van der Waals surface area contributed by atoms with Crippen LogP contribution in [0.25, 0.3) is 11.3 Å². The smallest absolute Gasteiger partial charge is 0.273 e. The van der Waals surface area contributed by atoms with E-state index in [-0.39, 0.29) is 5.91 Å². The second-order valence-electron chi connectivity index (χ2n) is 6.06. The molecule has 0 unspecified atom stereocenters.